The van der Waals surface area contributed by atoms with Crippen LogP contribution in [0.1, 0.15) is 40.5 Å². The van der Waals surface area contributed by atoms with E-state index in [2.05, 4.69) is 11.9 Å². The molecule has 2 aromatic carbocycles. The third-order valence-corrected chi connectivity index (χ3v) is 8.83. The quantitative estimate of drug-likeness (QED) is 0.204. The lowest BCUT2D eigenvalue weighted by atomic mass is 10.1. The van der Waals surface area contributed by atoms with E-state index in [4.69, 9.17) is 29.2 Å². The van der Waals surface area contributed by atoms with E-state index in [-0.39, 0.29) is 31.4 Å². The highest BCUT2D eigenvalue weighted by Crippen LogP contribution is 2.46. The molecule has 2 aliphatic rings. The van der Waals surface area contributed by atoms with Gasteiger partial charge in [-0.1, -0.05) is 30.3 Å². The van der Waals surface area contributed by atoms with Gasteiger partial charge in [0.15, 0.2) is 5.69 Å². The van der Waals surface area contributed by atoms with Crippen molar-refractivity contribution in [3.05, 3.63) is 61.2 Å². The highest BCUT2D eigenvalue weighted by Gasteiger charge is 2.62. The fourth-order valence-corrected chi connectivity index (χ4v) is 6.50. The Kier molecular flexibility index (Phi) is 7.94. The molecule has 234 valence electrons. The zero-order valence-corrected chi connectivity index (χ0v) is 26.4. The minimum absolute atomic E-state index is 0.0537. The Morgan fingerprint density at radius 3 is 2.40 bits per heavy atom. The summed E-state index contributed by atoms with van der Waals surface area (Å²) in [4.78, 5) is 55.9. The third kappa shape index (κ3) is 6.06. The van der Waals surface area contributed by atoms with Gasteiger partial charge in [-0.2, -0.15) is 0 Å². The lowest BCUT2D eigenvalue weighted by Gasteiger charge is -2.28. The number of hydrogen-bond donors (Lipinski definition) is 1. The Balaban J connectivity index is 1.32. The predicted molar refractivity (Wildman–Crippen MR) is 170 cm³/mol. The second-order valence-corrected chi connectivity index (χ2v) is 13.2. The largest absolute Gasteiger partial charge is 0.471 e. The molecule has 3 heterocycles. The summed E-state index contributed by atoms with van der Waals surface area (Å²) in [6.07, 6.45) is 0.844. The zero-order chi connectivity index (χ0) is 31.9. The van der Waals surface area contributed by atoms with Crippen molar-refractivity contribution in [3.8, 4) is 16.6 Å². The molecule has 11 nitrogen and oxygen atoms in total. The van der Waals surface area contributed by atoms with Crippen LogP contribution in [0.4, 0.5) is 4.79 Å². The van der Waals surface area contributed by atoms with Gasteiger partial charge in [0.1, 0.15) is 28.3 Å². The van der Waals surface area contributed by atoms with Gasteiger partial charge in [0.25, 0.3) is 0 Å². The highest BCUT2D eigenvalue weighted by atomic mass is 32.1. The maximum Gasteiger partial charge on any atom is 0.411 e. The van der Waals surface area contributed by atoms with E-state index in [0.29, 0.717) is 28.2 Å². The zero-order valence-electron chi connectivity index (χ0n) is 25.6. The first-order valence-electron chi connectivity index (χ1n) is 14.9. The molecule has 2 unspecified atom stereocenters. The van der Waals surface area contributed by atoms with Gasteiger partial charge in [0.05, 0.1) is 34.4 Å². The van der Waals surface area contributed by atoms with Crippen LogP contribution in [0.5, 0.6) is 5.88 Å². The maximum atomic E-state index is 13.8. The predicted octanol–water partition coefficient (Wildman–Crippen LogP) is 5.29. The number of esters is 1. The van der Waals surface area contributed by atoms with Gasteiger partial charge in [-0.25, -0.2) is 24.5 Å². The molecule has 0 spiro atoms. The minimum atomic E-state index is -1.21. The number of benzene rings is 2. The van der Waals surface area contributed by atoms with Gasteiger partial charge in [-0.05, 0) is 58.4 Å². The average molecular weight is 630 g/mol. The summed E-state index contributed by atoms with van der Waals surface area (Å²) in [5, 5.41) is 3.52. The van der Waals surface area contributed by atoms with E-state index in [9.17, 15) is 14.4 Å². The highest BCUT2D eigenvalue weighted by molar-refractivity contribution is 7.21. The molecule has 1 aliphatic carbocycles. The summed E-state index contributed by atoms with van der Waals surface area (Å²) in [5.74, 6) is -1.04. The molecule has 1 N–H and O–H groups in total. The first-order chi connectivity index (χ1) is 21.5. The van der Waals surface area contributed by atoms with Crippen LogP contribution in [0.2, 0.25) is 0 Å². The molecule has 6 rings (SSSR count). The van der Waals surface area contributed by atoms with Gasteiger partial charge in [-0.3, -0.25) is 9.69 Å². The Bertz CT molecular complexity index is 1770. The Morgan fingerprint density at radius 2 is 1.76 bits per heavy atom. The Hall–Kier alpha value is -4.58. The number of fused-ring (bicyclic) bond motifs is 2. The summed E-state index contributed by atoms with van der Waals surface area (Å²) in [6.45, 7) is 11.0. The van der Waals surface area contributed by atoms with Crippen molar-refractivity contribution in [3.63, 3.8) is 0 Å². The average Bonchev–Trinajstić information content (AvgIpc) is 3.31. The van der Waals surface area contributed by atoms with Gasteiger partial charge in [0.2, 0.25) is 11.8 Å². The van der Waals surface area contributed by atoms with E-state index in [1.54, 1.807) is 33.8 Å². The molecule has 0 bridgehead atoms. The number of hydrogen-bond acceptors (Lipinski definition) is 10. The first-order valence-corrected chi connectivity index (χ1v) is 15.7. The maximum absolute atomic E-state index is 13.8. The number of carbonyl (C=O) groups is 3. The Morgan fingerprint density at radius 1 is 1.07 bits per heavy atom. The van der Waals surface area contributed by atoms with Crippen LogP contribution >= 0.6 is 11.3 Å². The van der Waals surface area contributed by atoms with Crippen LogP contribution in [-0.4, -0.2) is 74.3 Å². The van der Waals surface area contributed by atoms with E-state index >= 15 is 0 Å². The number of para-hydroxylation sites is 3. The summed E-state index contributed by atoms with van der Waals surface area (Å²) < 4.78 is 18.4. The summed E-state index contributed by atoms with van der Waals surface area (Å²) >= 11 is 1.48. The van der Waals surface area contributed by atoms with Crippen LogP contribution in [-0.2, 0) is 19.1 Å². The van der Waals surface area contributed by atoms with Crippen LogP contribution < -0.4 is 10.1 Å². The van der Waals surface area contributed by atoms with Crippen LogP contribution in [0, 0.1) is 5.92 Å². The fraction of sp³-hybridized carbons (Fsp3) is 0.394. The number of nitrogens with one attached hydrogen (secondary N) is 1. The number of likely N-dealkylation sites (tertiary alicyclic amines) is 1. The molecule has 2 amide bonds. The molecule has 2 aromatic heterocycles. The Labute approximate surface area is 264 Å². The van der Waals surface area contributed by atoms with Crippen LogP contribution in [0.25, 0.3) is 32.0 Å². The van der Waals surface area contributed by atoms with Crippen molar-refractivity contribution in [2.24, 2.45) is 5.92 Å². The number of nitrogens with zero attached hydrogens (tertiary/aromatic N) is 4. The van der Waals surface area contributed by atoms with Crippen molar-refractivity contribution in [1.29, 1.82) is 0 Å². The lowest BCUT2D eigenvalue weighted by Crippen LogP contribution is -2.53. The smallest absolute Gasteiger partial charge is 0.411 e. The van der Waals surface area contributed by atoms with Gasteiger partial charge >= 0.3 is 12.1 Å². The lowest BCUT2D eigenvalue weighted by molar-refractivity contribution is -0.149. The third-order valence-electron chi connectivity index (χ3n) is 7.79. The fourth-order valence-electron chi connectivity index (χ4n) is 5.56. The molecule has 45 heavy (non-hydrogen) atoms. The normalized spacial score (nSPS) is 22.7. The molecule has 1 saturated heterocycles. The molecular formula is C33H35N5O6S. The summed E-state index contributed by atoms with van der Waals surface area (Å²) in [7, 11) is 0. The monoisotopic (exact) mass is 629 g/mol. The van der Waals surface area contributed by atoms with Crippen LogP contribution in [0.3, 0.4) is 0 Å². The molecule has 4 atom stereocenters. The standard InChI is InChI=1S/C33H35N5O6S/c1-6-19-17-33(19,30(40)42-7-2)37-27(39)24-16-20(18-38(24)31(41)44-32(3,4)5)43-28-26(34-21-12-8-9-13-22(21)35-28)29-36-23-14-10-11-15-25(23)45-29/h6,8-15,19-20,24H,1,7,16-18H2,2-5H3,(H,37,39)/t19-,20?,24?,33-/m1/s1. The van der Waals surface area contributed by atoms with Crippen LogP contribution in [0.15, 0.2) is 61.2 Å². The van der Waals surface area contributed by atoms with E-state index in [1.165, 1.54) is 16.2 Å². The molecule has 1 aliphatic heterocycles. The number of carbonyl (C=O) groups excluding carboxylic acids is 3. The van der Waals surface area contributed by atoms with E-state index < -0.39 is 41.3 Å². The second-order valence-electron chi connectivity index (χ2n) is 12.2. The second kappa shape index (κ2) is 11.7. The van der Waals surface area contributed by atoms with E-state index in [1.807, 2.05) is 48.5 Å². The number of ether oxygens (including phenoxy) is 3. The van der Waals surface area contributed by atoms with Crippen molar-refractivity contribution < 1.29 is 28.6 Å². The van der Waals surface area contributed by atoms with Crippen molar-refractivity contribution >= 4 is 50.6 Å². The number of thiazole rings is 1. The molecule has 4 aromatic rings. The van der Waals surface area contributed by atoms with Gasteiger partial charge < -0.3 is 19.5 Å². The van der Waals surface area contributed by atoms with Gasteiger partial charge in [0, 0.05) is 12.3 Å². The first kappa shape index (κ1) is 30.4. The molecule has 2 fully saturated rings. The van der Waals surface area contributed by atoms with E-state index in [0.717, 1.165) is 10.2 Å². The molecule has 12 heteroatoms. The SMILES string of the molecule is C=C[C@@H]1C[C@]1(NC(=O)C1CC(Oc2nc3ccccc3nc2-c2nc3ccccc3s2)CN1C(=O)OC(C)(C)C)C(=O)OCC. The number of rotatable bonds is 8. The topological polar surface area (TPSA) is 133 Å². The minimum Gasteiger partial charge on any atom is -0.471 e. The van der Waals surface area contributed by atoms with Crippen molar-refractivity contribution in [2.45, 2.75) is 63.8 Å². The molecule has 1 saturated carbocycles. The van der Waals surface area contributed by atoms with Crippen molar-refractivity contribution in [1.82, 2.24) is 25.2 Å². The molecular weight excluding hydrogens is 594 g/mol. The number of amides is 2. The van der Waals surface area contributed by atoms with Crippen molar-refractivity contribution in [2.75, 3.05) is 13.2 Å². The summed E-state index contributed by atoms with van der Waals surface area (Å²) in [5.41, 5.74) is 0.618. The molecule has 0 radical (unpaired) electrons. The summed E-state index contributed by atoms with van der Waals surface area (Å²) in [6, 6.07) is 14.3. The number of aromatic nitrogens is 3. The van der Waals surface area contributed by atoms with Gasteiger partial charge in [-0.15, -0.1) is 17.9 Å².